The number of hydrogen-bond donors (Lipinski definition) is 3. The van der Waals surface area contributed by atoms with Gasteiger partial charge in [0.1, 0.15) is 23.4 Å². The maximum Gasteiger partial charge on any atom is 0.407 e. The minimum atomic E-state index is -0.941. The van der Waals surface area contributed by atoms with Crippen molar-refractivity contribution < 1.29 is 33.6 Å². The van der Waals surface area contributed by atoms with Crippen molar-refractivity contribution in [2.24, 2.45) is 5.92 Å². The largest absolute Gasteiger partial charge is 0.480 e. The quantitative estimate of drug-likeness (QED) is 0.273. The summed E-state index contributed by atoms with van der Waals surface area (Å²) in [6.07, 6.45) is 3.33. The lowest BCUT2D eigenvalue weighted by Crippen LogP contribution is -2.56. The lowest BCUT2D eigenvalue weighted by Gasteiger charge is -2.42. The van der Waals surface area contributed by atoms with Crippen molar-refractivity contribution in [3.8, 4) is 0 Å². The predicted molar refractivity (Wildman–Crippen MR) is 108 cm³/mol. The van der Waals surface area contributed by atoms with Crippen LogP contribution >= 0.6 is 0 Å². The van der Waals surface area contributed by atoms with E-state index in [4.69, 9.17) is 24.1 Å². The van der Waals surface area contributed by atoms with Gasteiger partial charge in [0.25, 0.3) is 0 Å². The fourth-order valence-electron chi connectivity index (χ4n) is 4.70. The van der Waals surface area contributed by atoms with Gasteiger partial charge in [-0.25, -0.2) is 4.79 Å². The molecule has 0 bridgehead atoms. The second kappa shape index (κ2) is 9.21. The Morgan fingerprint density at radius 3 is 2.63 bits per heavy atom. The van der Waals surface area contributed by atoms with Crippen molar-refractivity contribution in [1.82, 2.24) is 10.6 Å². The number of alkyl carbamates (subject to hydrolysis) is 1. The van der Waals surface area contributed by atoms with Gasteiger partial charge in [-0.05, 0) is 40.0 Å². The first kappa shape index (κ1) is 23.0. The molecule has 30 heavy (non-hydrogen) atoms. The molecule has 0 radical (unpaired) electrons. The van der Waals surface area contributed by atoms with E-state index in [0.717, 1.165) is 12.8 Å². The number of aliphatic carboxylic acids is 1. The van der Waals surface area contributed by atoms with Crippen molar-refractivity contribution in [2.75, 3.05) is 33.4 Å². The molecule has 1 saturated carbocycles. The zero-order valence-electron chi connectivity index (χ0n) is 18.2. The van der Waals surface area contributed by atoms with E-state index in [-0.39, 0.29) is 42.4 Å². The molecule has 170 valence electrons. The number of epoxide rings is 2. The van der Waals surface area contributed by atoms with E-state index >= 15 is 0 Å². The van der Waals surface area contributed by atoms with Crippen LogP contribution in [0.2, 0.25) is 0 Å². The molecule has 3 aliphatic rings. The zero-order chi connectivity index (χ0) is 21.9. The number of amides is 1. The van der Waals surface area contributed by atoms with Crippen molar-refractivity contribution in [2.45, 2.75) is 69.5 Å². The molecule has 2 aliphatic heterocycles. The molecule has 3 rings (SSSR count). The summed E-state index contributed by atoms with van der Waals surface area (Å²) >= 11 is 0. The van der Waals surface area contributed by atoms with E-state index in [1.807, 2.05) is 0 Å². The van der Waals surface area contributed by atoms with Gasteiger partial charge >= 0.3 is 12.1 Å². The fourth-order valence-corrected chi connectivity index (χ4v) is 4.70. The van der Waals surface area contributed by atoms with Gasteiger partial charge in [0, 0.05) is 20.2 Å². The highest BCUT2D eigenvalue weighted by Gasteiger charge is 2.72. The Morgan fingerprint density at radius 2 is 2.03 bits per heavy atom. The van der Waals surface area contributed by atoms with Crippen LogP contribution in [0.15, 0.2) is 11.6 Å². The Kier molecular flexibility index (Phi) is 7.06. The number of methoxy groups -OCH3 is 1. The Labute approximate surface area is 177 Å². The number of hydrogen-bond acceptors (Lipinski definition) is 7. The first-order valence-electron chi connectivity index (χ1n) is 10.6. The van der Waals surface area contributed by atoms with E-state index in [9.17, 15) is 9.59 Å². The number of ether oxygens (including phenoxy) is 4. The summed E-state index contributed by atoms with van der Waals surface area (Å²) in [5, 5.41) is 14.0. The Balaban J connectivity index is 1.58. The minimum absolute atomic E-state index is 0.0191. The smallest absolute Gasteiger partial charge is 0.407 e. The Morgan fingerprint density at radius 1 is 1.30 bits per heavy atom. The van der Waals surface area contributed by atoms with Crippen LogP contribution in [0.4, 0.5) is 4.79 Å². The molecule has 6 atom stereocenters. The molecular formula is C21H34N2O7. The van der Waals surface area contributed by atoms with Gasteiger partial charge in [-0.15, -0.1) is 0 Å². The maximum absolute atomic E-state index is 12.3. The number of carbonyl (C=O) groups is 2. The van der Waals surface area contributed by atoms with Gasteiger partial charge in [0.2, 0.25) is 0 Å². The van der Waals surface area contributed by atoms with Gasteiger partial charge < -0.3 is 34.7 Å². The number of allylic oxidation sites excluding steroid dienone is 1. The van der Waals surface area contributed by atoms with Crippen molar-refractivity contribution in [3.63, 3.8) is 0 Å². The molecule has 0 aromatic rings. The van der Waals surface area contributed by atoms with E-state index in [1.54, 1.807) is 7.11 Å². The summed E-state index contributed by atoms with van der Waals surface area (Å²) in [4.78, 5) is 22.7. The number of carboxylic acids is 1. The topological polar surface area (TPSA) is 122 Å². The summed E-state index contributed by atoms with van der Waals surface area (Å²) < 4.78 is 23.6. The third-order valence-electron chi connectivity index (χ3n) is 6.34. The highest BCUT2D eigenvalue weighted by molar-refractivity contribution is 5.69. The van der Waals surface area contributed by atoms with Crippen LogP contribution in [0.25, 0.3) is 0 Å². The van der Waals surface area contributed by atoms with E-state index in [0.29, 0.717) is 19.6 Å². The SMILES string of the molecule is CO[C@@H]1[C@H](OC(=O)NCCNCC(=O)O)CC[C@]2(CO2)[C@H]1[C@@]1(C)O[C@@H]1CC=C(C)C. The molecular weight excluding hydrogens is 392 g/mol. The highest BCUT2D eigenvalue weighted by Crippen LogP contribution is 2.59. The number of carboxylic acid groups (broad SMARTS) is 1. The lowest BCUT2D eigenvalue weighted by atomic mass is 9.68. The first-order valence-corrected chi connectivity index (χ1v) is 10.6. The Hall–Kier alpha value is -1.68. The summed E-state index contributed by atoms with van der Waals surface area (Å²) in [6.45, 7) is 7.40. The monoisotopic (exact) mass is 426 g/mol. The number of rotatable bonds is 10. The molecule has 9 heteroatoms. The maximum atomic E-state index is 12.3. The average molecular weight is 427 g/mol. The highest BCUT2D eigenvalue weighted by atomic mass is 16.6. The van der Waals surface area contributed by atoms with Gasteiger partial charge in [0.05, 0.1) is 25.2 Å². The van der Waals surface area contributed by atoms with Crippen LogP contribution in [-0.2, 0) is 23.7 Å². The Bertz CT molecular complexity index is 674. The van der Waals surface area contributed by atoms with Crippen LogP contribution in [0, 0.1) is 5.92 Å². The van der Waals surface area contributed by atoms with Crippen molar-refractivity contribution in [3.05, 3.63) is 11.6 Å². The molecule has 3 N–H and O–H groups in total. The zero-order valence-corrected chi connectivity index (χ0v) is 18.2. The van der Waals surface area contributed by atoms with Crippen LogP contribution in [0.5, 0.6) is 0 Å². The summed E-state index contributed by atoms with van der Waals surface area (Å²) in [5.74, 6) is -0.960. The third kappa shape index (κ3) is 5.14. The molecule has 3 fully saturated rings. The first-order chi connectivity index (χ1) is 14.2. The molecule has 2 saturated heterocycles. The van der Waals surface area contributed by atoms with Crippen LogP contribution in [0.1, 0.15) is 40.0 Å². The van der Waals surface area contributed by atoms with Crippen LogP contribution in [0.3, 0.4) is 0 Å². The van der Waals surface area contributed by atoms with Crippen LogP contribution in [-0.4, -0.2) is 80.0 Å². The fraction of sp³-hybridized carbons (Fsp3) is 0.810. The van der Waals surface area contributed by atoms with Crippen molar-refractivity contribution >= 4 is 12.1 Å². The molecule has 1 amide bonds. The normalized spacial score (nSPS) is 36.8. The molecule has 0 unspecified atom stereocenters. The van der Waals surface area contributed by atoms with Gasteiger partial charge in [-0.1, -0.05) is 11.6 Å². The second-order valence-electron chi connectivity index (χ2n) is 8.82. The summed E-state index contributed by atoms with van der Waals surface area (Å²) in [5.41, 5.74) is 0.627. The van der Waals surface area contributed by atoms with Crippen molar-refractivity contribution in [1.29, 1.82) is 0 Å². The second-order valence-corrected chi connectivity index (χ2v) is 8.82. The molecule has 1 spiro atoms. The van der Waals surface area contributed by atoms with Gasteiger partial charge in [-0.2, -0.15) is 0 Å². The van der Waals surface area contributed by atoms with E-state index < -0.39 is 18.2 Å². The number of carbonyl (C=O) groups excluding carboxylic acids is 1. The third-order valence-corrected chi connectivity index (χ3v) is 6.34. The van der Waals surface area contributed by atoms with E-state index in [1.165, 1.54) is 5.57 Å². The summed E-state index contributed by atoms with van der Waals surface area (Å²) in [6, 6.07) is 0. The standard InChI is InChI=1S/C21H34N2O7/c1-13(2)5-6-15-20(3,30-15)18-17(27-4)14(7-8-21(18)12-28-21)29-19(26)23-10-9-22-11-16(24)25/h5,14-15,17-18,22H,6-12H2,1-4H3,(H,23,26)(H,24,25)/t14-,15-,17-,18-,20+,21+/m1/s1. The van der Waals surface area contributed by atoms with E-state index in [2.05, 4.69) is 37.5 Å². The molecule has 2 heterocycles. The molecule has 0 aromatic carbocycles. The lowest BCUT2D eigenvalue weighted by molar-refractivity contribution is -0.135. The minimum Gasteiger partial charge on any atom is -0.480 e. The predicted octanol–water partition coefficient (Wildman–Crippen LogP) is 1.46. The summed E-state index contributed by atoms with van der Waals surface area (Å²) in [7, 11) is 1.64. The molecule has 0 aromatic heterocycles. The van der Waals surface area contributed by atoms with Gasteiger partial charge in [-0.3, -0.25) is 4.79 Å². The molecule has 1 aliphatic carbocycles. The van der Waals surface area contributed by atoms with Crippen LogP contribution < -0.4 is 10.6 Å². The van der Waals surface area contributed by atoms with Gasteiger partial charge in [0.15, 0.2) is 0 Å². The number of nitrogens with one attached hydrogen (secondary N) is 2. The molecule has 9 nitrogen and oxygen atoms in total. The average Bonchev–Trinajstić information content (AvgIpc) is 3.58.